The quantitative estimate of drug-likeness (QED) is 0.704. The predicted molar refractivity (Wildman–Crippen MR) is 89.0 cm³/mol. The van der Waals surface area contributed by atoms with E-state index in [1.54, 1.807) is 12.1 Å². The summed E-state index contributed by atoms with van der Waals surface area (Å²) in [6.45, 7) is 0. The van der Waals surface area contributed by atoms with Crippen molar-refractivity contribution in [2.45, 2.75) is 0 Å². The zero-order valence-corrected chi connectivity index (χ0v) is 13.3. The molecule has 0 aliphatic rings. The number of H-pyrrole nitrogens is 1. The van der Waals surface area contributed by atoms with Crippen LogP contribution in [0.15, 0.2) is 42.5 Å². The van der Waals surface area contributed by atoms with Crippen molar-refractivity contribution in [3.8, 4) is 0 Å². The van der Waals surface area contributed by atoms with Crippen LogP contribution in [-0.2, 0) is 4.74 Å². The number of hydrogen-bond donors (Lipinski definition) is 2. The predicted octanol–water partition coefficient (Wildman–Crippen LogP) is 4.00. The Hall–Kier alpha value is -2.86. The number of ether oxygens (including phenoxy) is 1. The lowest BCUT2D eigenvalue weighted by molar-refractivity contribution is 0.0600. The molecule has 0 radical (unpaired) electrons. The highest BCUT2D eigenvalue weighted by atomic mass is 35.5. The van der Waals surface area contributed by atoms with Crippen LogP contribution >= 0.6 is 11.6 Å². The zero-order chi connectivity index (χ0) is 17.3. The minimum absolute atomic E-state index is 0.245. The normalized spacial score (nSPS) is 10.6. The Balaban J connectivity index is 1.89. The van der Waals surface area contributed by atoms with Crippen LogP contribution in [0.2, 0.25) is 5.02 Å². The highest BCUT2D eigenvalue weighted by Gasteiger charge is 2.14. The van der Waals surface area contributed by atoms with Crippen molar-refractivity contribution in [1.82, 2.24) is 4.98 Å². The van der Waals surface area contributed by atoms with Gasteiger partial charge in [0.1, 0.15) is 11.5 Å². The second kappa shape index (κ2) is 6.33. The summed E-state index contributed by atoms with van der Waals surface area (Å²) in [7, 11) is 1.26. The fourth-order valence-electron chi connectivity index (χ4n) is 2.28. The lowest BCUT2D eigenvalue weighted by Gasteiger charge is -2.08. The van der Waals surface area contributed by atoms with Gasteiger partial charge in [0, 0.05) is 10.9 Å². The zero-order valence-electron chi connectivity index (χ0n) is 12.5. The van der Waals surface area contributed by atoms with E-state index in [9.17, 15) is 14.0 Å². The van der Waals surface area contributed by atoms with E-state index in [-0.39, 0.29) is 22.0 Å². The Morgan fingerprint density at radius 2 is 1.96 bits per heavy atom. The second-order valence-corrected chi connectivity index (χ2v) is 5.46. The van der Waals surface area contributed by atoms with Gasteiger partial charge >= 0.3 is 5.97 Å². The summed E-state index contributed by atoms with van der Waals surface area (Å²) in [5, 5.41) is 3.60. The van der Waals surface area contributed by atoms with Crippen LogP contribution < -0.4 is 5.32 Å². The highest BCUT2D eigenvalue weighted by Crippen LogP contribution is 2.25. The van der Waals surface area contributed by atoms with Crippen molar-refractivity contribution < 1.29 is 18.7 Å². The maximum atomic E-state index is 13.2. The summed E-state index contributed by atoms with van der Waals surface area (Å²) in [5.74, 6) is -1.40. The van der Waals surface area contributed by atoms with Crippen LogP contribution in [0, 0.1) is 5.82 Å². The third-order valence-corrected chi connectivity index (χ3v) is 3.79. The van der Waals surface area contributed by atoms with E-state index in [1.807, 2.05) is 0 Å². The van der Waals surface area contributed by atoms with Gasteiger partial charge in [-0.3, -0.25) is 4.79 Å². The number of esters is 1. The van der Waals surface area contributed by atoms with Crippen molar-refractivity contribution in [1.29, 1.82) is 0 Å². The molecule has 2 aromatic carbocycles. The first-order valence-corrected chi connectivity index (χ1v) is 7.33. The van der Waals surface area contributed by atoms with E-state index >= 15 is 0 Å². The molecule has 0 fully saturated rings. The molecular weight excluding hydrogens is 335 g/mol. The molecule has 24 heavy (non-hydrogen) atoms. The summed E-state index contributed by atoms with van der Waals surface area (Å²) in [5.41, 5.74) is 1.29. The molecule has 5 nitrogen and oxygen atoms in total. The first kappa shape index (κ1) is 16.0. The molecule has 1 amide bonds. The van der Waals surface area contributed by atoms with Gasteiger partial charge in [-0.25, -0.2) is 9.18 Å². The monoisotopic (exact) mass is 346 g/mol. The molecule has 0 unspecified atom stereocenters. The van der Waals surface area contributed by atoms with Crippen molar-refractivity contribution >= 4 is 40.1 Å². The number of fused-ring (bicyclic) bond motifs is 1. The molecule has 0 saturated heterocycles. The van der Waals surface area contributed by atoms with E-state index in [1.165, 1.54) is 37.4 Å². The number of aromatic amines is 1. The molecule has 7 heteroatoms. The summed E-state index contributed by atoms with van der Waals surface area (Å²) >= 11 is 6.05. The van der Waals surface area contributed by atoms with Crippen LogP contribution in [0.5, 0.6) is 0 Å². The molecule has 1 aromatic heterocycles. The lowest BCUT2D eigenvalue weighted by Crippen LogP contribution is -2.13. The van der Waals surface area contributed by atoms with Crippen LogP contribution in [-0.4, -0.2) is 24.0 Å². The fraction of sp³-hybridized carbons (Fsp3) is 0.0588. The topological polar surface area (TPSA) is 71.2 Å². The average molecular weight is 347 g/mol. The number of aromatic nitrogens is 1. The van der Waals surface area contributed by atoms with E-state index in [2.05, 4.69) is 15.0 Å². The maximum absolute atomic E-state index is 13.2. The van der Waals surface area contributed by atoms with E-state index in [0.29, 0.717) is 10.9 Å². The lowest BCUT2D eigenvalue weighted by atomic mass is 10.2. The Morgan fingerprint density at radius 3 is 2.71 bits per heavy atom. The molecule has 0 atom stereocenters. The van der Waals surface area contributed by atoms with Crippen molar-refractivity contribution in [3.63, 3.8) is 0 Å². The number of amides is 1. The second-order valence-electron chi connectivity index (χ2n) is 5.05. The number of hydrogen-bond acceptors (Lipinski definition) is 3. The number of halogens is 2. The Labute approximate surface area is 141 Å². The molecule has 122 valence electrons. The van der Waals surface area contributed by atoms with Crippen LogP contribution in [0.3, 0.4) is 0 Å². The Morgan fingerprint density at radius 1 is 1.17 bits per heavy atom. The van der Waals surface area contributed by atoms with E-state index in [4.69, 9.17) is 11.6 Å². The standard InChI is InChI=1S/C17H12ClFN2O3/c1-24-17(23)10-3-5-12(18)14(7-10)21-16(22)15-6-9-2-4-11(19)8-13(9)20-15/h2-8,20H,1H3,(H,21,22). The molecule has 0 bridgehead atoms. The van der Waals surface area contributed by atoms with Gasteiger partial charge in [0.25, 0.3) is 5.91 Å². The summed E-state index contributed by atoms with van der Waals surface area (Å²) in [6.07, 6.45) is 0. The van der Waals surface area contributed by atoms with Gasteiger partial charge in [-0.05, 0) is 42.5 Å². The van der Waals surface area contributed by atoms with Crippen molar-refractivity contribution in [3.05, 3.63) is 64.6 Å². The summed E-state index contributed by atoms with van der Waals surface area (Å²) in [6, 6.07) is 10.2. The summed E-state index contributed by atoms with van der Waals surface area (Å²) in [4.78, 5) is 26.8. The van der Waals surface area contributed by atoms with E-state index in [0.717, 1.165) is 0 Å². The number of methoxy groups -OCH3 is 1. The van der Waals surface area contributed by atoms with Gasteiger partial charge in [0.15, 0.2) is 0 Å². The number of carbonyl (C=O) groups is 2. The number of anilines is 1. The Bertz CT molecular complexity index is 952. The number of benzene rings is 2. The van der Waals surface area contributed by atoms with Gasteiger partial charge in [0.05, 0.1) is 23.4 Å². The van der Waals surface area contributed by atoms with Crippen molar-refractivity contribution in [2.24, 2.45) is 0 Å². The van der Waals surface area contributed by atoms with Gasteiger partial charge in [-0.2, -0.15) is 0 Å². The summed E-state index contributed by atoms with van der Waals surface area (Å²) < 4.78 is 17.9. The minimum atomic E-state index is -0.539. The van der Waals surface area contributed by atoms with Gasteiger partial charge < -0.3 is 15.0 Å². The first-order valence-electron chi connectivity index (χ1n) is 6.95. The molecular formula is C17H12ClFN2O3. The molecule has 0 saturated carbocycles. The van der Waals surface area contributed by atoms with Crippen LogP contribution in [0.4, 0.5) is 10.1 Å². The van der Waals surface area contributed by atoms with Gasteiger partial charge in [0.2, 0.25) is 0 Å². The van der Waals surface area contributed by atoms with E-state index < -0.39 is 17.7 Å². The number of rotatable bonds is 3. The van der Waals surface area contributed by atoms with Crippen molar-refractivity contribution in [2.75, 3.05) is 12.4 Å². The molecule has 3 rings (SSSR count). The number of carbonyl (C=O) groups excluding carboxylic acids is 2. The number of nitrogens with one attached hydrogen (secondary N) is 2. The third kappa shape index (κ3) is 3.09. The molecule has 2 N–H and O–H groups in total. The molecule has 3 aromatic rings. The molecule has 0 aliphatic carbocycles. The largest absolute Gasteiger partial charge is 0.465 e. The highest BCUT2D eigenvalue weighted by molar-refractivity contribution is 6.34. The van der Waals surface area contributed by atoms with Gasteiger partial charge in [-0.15, -0.1) is 0 Å². The van der Waals surface area contributed by atoms with Crippen LogP contribution in [0.1, 0.15) is 20.8 Å². The molecule has 0 spiro atoms. The minimum Gasteiger partial charge on any atom is -0.465 e. The first-order chi connectivity index (χ1) is 11.5. The fourth-order valence-corrected chi connectivity index (χ4v) is 2.44. The SMILES string of the molecule is COC(=O)c1ccc(Cl)c(NC(=O)c2cc3ccc(F)cc3[nH]2)c1. The third-order valence-electron chi connectivity index (χ3n) is 3.46. The maximum Gasteiger partial charge on any atom is 0.337 e. The Kier molecular flexibility index (Phi) is 4.22. The average Bonchev–Trinajstić information content (AvgIpc) is 2.99. The molecule has 0 aliphatic heterocycles. The van der Waals surface area contributed by atoms with Crippen LogP contribution in [0.25, 0.3) is 10.9 Å². The van der Waals surface area contributed by atoms with Gasteiger partial charge in [-0.1, -0.05) is 11.6 Å². The molecule has 1 heterocycles. The smallest absolute Gasteiger partial charge is 0.337 e.